The number of likely N-dealkylation sites (N-methyl/N-ethyl adjacent to an activating group) is 1. The minimum atomic E-state index is -1.42. The normalized spacial score (nSPS) is 11.9. The molecule has 0 aromatic carbocycles. The molecule has 0 spiro atoms. The Bertz CT molecular complexity index is 292. The number of carboxylic acid groups (broad SMARTS) is 2. The van der Waals surface area contributed by atoms with Gasteiger partial charge in [-0.2, -0.15) is 0 Å². The molecule has 0 aliphatic rings. The Morgan fingerprint density at radius 2 is 1.82 bits per heavy atom. The van der Waals surface area contributed by atoms with E-state index >= 15 is 0 Å². The molecule has 0 saturated heterocycles. The summed E-state index contributed by atoms with van der Waals surface area (Å²) in [5.41, 5.74) is 0. The van der Waals surface area contributed by atoms with Crippen LogP contribution in [0.1, 0.15) is 6.42 Å². The van der Waals surface area contributed by atoms with Crippen LogP contribution in [0.3, 0.4) is 0 Å². The minimum absolute atomic E-state index is 0.345. The molecule has 1 atom stereocenters. The lowest BCUT2D eigenvalue weighted by atomic mass is 10.2. The van der Waals surface area contributed by atoms with E-state index < -0.39 is 30.4 Å². The van der Waals surface area contributed by atoms with Gasteiger partial charge < -0.3 is 25.7 Å². The van der Waals surface area contributed by atoms with Crippen molar-refractivity contribution in [3.63, 3.8) is 0 Å². The third-order valence-electron chi connectivity index (χ3n) is 1.83. The van der Waals surface area contributed by atoms with Gasteiger partial charge >= 0.3 is 18.0 Å². The van der Waals surface area contributed by atoms with Crippen LogP contribution in [0.2, 0.25) is 0 Å². The fourth-order valence-electron chi connectivity index (χ4n) is 0.977. The highest BCUT2D eigenvalue weighted by Gasteiger charge is 2.22. The summed E-state index contributed by atoms with van der Waals surface area (Å²) in [6.45, 7) is 0.947. The second kappa shape index (κ2) is 7.44. The molecule has 0 aromatic heterocycles. The van der Waals surface area contributed by atoms with Crippen LogP contribution in [0.25, 0.3) is 0 Å². The molecule has 0 fully saturated rings. The molecule has 0 aromatic rings. The molecular formula is C9H17N3O5. The number of carboxylic acids is 2. The van der Waals surface area contributed by atoms with Crippen molar-refractivity contribution in [3.05, 3.63) is 0 Å². The maximum absolute atomic E-state index is 11.2. The minimum Gasteiger partial charge on any atom is -0.481 e. The van der Waals surface area contributed by atoms with Crippen LogP contribution in [-0.4, -0.2) is 66.3 Å². The predicted octanol–water partition coefficient (Wildman–Crippen LogP) is -1.22. The fraction of sp³-hybridized carbons (Fsp3) is 0.667. The summed E-state index contributed by atoms with van der Waals surface area (Å²) in [6, 6.07) is -2.12. The number of hydrogen-bond acceptors (Lipinski definition) is 4. The Balaban J connectivity index is 4.04. The average molecular weight is 247 g/mol. The molecule has 8 nitrogen and oxygen atoms in total. The fourth-order valence-corrected chi connectivity index (χ4v) is 0.977. The van der Waals surface area contributed by atoms with Crippen LogP contribution in [0, 0.1) is 0 Å². The zero-order valence-corrected chi connectivity index (χ0v) is 9.77. The van der Waals surface area contributed by atoms with Crippen LogP contribution in [0.5, 0.6) is 0 Å². The summed E-state index contributed by atoms with van der Waals surface area (Å²) in [5.74, 6) is -2.67. The molecule has 0 saturated carbocycles. The zero-order chi connectivity index (χ0) is 13.4. The standard InChI is InChI=1S/C9H17N3O5/c1-12(2)4-3-10-9(17)11-6(8(15)16)5-7(13)14/h6H,3-5H2,1-2H3,(H,13,14)(H,15,16)(H2,10,11,17). The highest BCUT2D eigenvalue weighted by atomic mass is 16.4. The smallest absolute Gasteiger partial charge is 0.326 e. The molecule has 0 radical (unpaired) electrons. The van der Waals surface area contributed by atoms with Gasteiger partial charge in [-0.05, 0) is 14.1 Å². The summed E-state index contributed by atoms with van der Waals surface area (Å²) < 4.78 is 0. The molecule has 2 amide bonds. The third kappa shape index (κ3) is 8.03. The van der Waals surface area contributed by atoms with Gasteiger partial charge in [0.2, 0.25) is 0 Å². The van der Waals surface area contributed by atoms with Gasteiger partial charge in [-0.25, -0.2) is 9.59 Å². The zero-order valence-electron chi connectivity index (χ0n) is 9.77. The van der Waals surface area contributed by atoms with Crippen molar-refractivity contribution in [1.29, 1.82) is 0 Å². The second-order valence-corrected chi connectivity index (χ2v) is 3.69. The number of rotatable bonds is 7. The molecule has 1 unspecified atom stereocenters. The first kappa shape index (κ1) is 15.2. The van der Waals surface area contributed by atoms with Crippen LogP contribution in [-0.2, 0) is 9.59 Å². The number of urea groups is 1. The molecule has 0 aliphatic carbocycles. The summed E-state index contributed by atoms with van der Waals surface area (Å²) in [4.78, 5) is 34.1. The quantitative estimate of drug-likeness (QED) is 0.447. The highest BCUT2D eigenvalue weighted by Crippen LogP contribution is 1.92. The Morgan fingerprint density at radius 1 is 1.24 bits per heavy atom. The molecular weight excluding hydrogens is 230 g/mol. The number of carbonyl (C=O) groups excluding carboxylic acids is 1. The highest BCUT2D eigenvalue weighted by molar-refractivity contribution is 5.86. The summed E-state index contributed by atoms with van der Waals surface area (Å²) >= 11 is 0. The van der Waals surface area contributed by atoms with Crippen molar-refractivity contribution in [1.82, 2.24) is 15.5 Å². The van der Waals surface area contributed by atoms with Crippen LogP contribution >= 0.6 is 0 Å². The van der Waals surface area contributed by atoms with Crippen molar-refractivity contribution in [2.75, 3.05) is 27.2 Å². The number of nitrogens with zero attached hydrogens (tertiary/aromatic N) is 1. The maximum Gasteiger partial charge on any atom is 0.326 e. The van der Waals surface area contributed by atoms with Gasteiger partial charge in [0.15, 0.2) is 0 Å². The second-order valence-electron chi connectivity index (χ2n) is 3.69. The Morgan fingerprint density at radius 3 is 2.24 bits per heavy atom. The van der Waals surface area contributed by atoms with E-state index in [0.717, 1.165) is 0 Å². The van der Waals surface area contributed by atoms with E-state index in [9.17, 15) is 14.4 Å². The van der Waals surface area contributed by atoms with Gasteiger partial charge in [0.05, 0.1) is 6.42 Å². The largest absolute Gasteiger partial charge is 0.481 e. The number of aliphatic carboxylic acids is 2. The molecule has 98 valence electrons. The molecule has 4 N–H and O–H groups in total. The topological polar surface area (TPSA) is 119 Å². The van der Waals surface area contributed by atoms with Crippen molar-refractivity contribution in [2.24, 2.45) is 0 Å². The van der Waals surface area contributed by atoms with Gasteiger partial charge in [-0.1, -0.05) is 0 Å². The molecule has 8 heteroatoms. The predicted molar refractivity (Wildman–Crippen MR) is 58.8 cm³/mol. The molecule has 0 rings (SSSR count). The lowest BCUT2D eigenvalue weighted by Crippen LogP contribution is -2.48. The summed E-state index contributed by atoms with van der Waals surface area (Å²) in [5, 5.41) is 21.6. The summed E-state index contributed by atoms with van der Waals surface area (Å²) in [7, 11) is 3.65. The Hall–Kier alpha value is -1.83. The molecule has 0 bridgehead atoms. The maximum atomic E-state index is 11.2. The van der Waals surface area contributed by atoms with Crippen molar-refractivity contribution in [3.8, 4) is 0 Å². The lowest BCUT2D eigenvalue weighted by molar-refractivity contribution is -0.145. The van der Waals surface area contributed by atoms with Crippen molar-refractivity contribution >= 4 is 18.0 Å². The monoisotopic (exact) mass is 247 g/mol. The van der Waals surface area contributed by atoms with Crippen LogP contribution < -0.4 is 10.6 Å². The first-order valence-corrected chi connectivity index (χ1v) is 4.96. The van der Waals surface area contributed by atoms with Crippen LogP contribution in [0.15, 0.2) is 0 Å². The average Bonchev–Trinajstić information content (AvgIpc) is 2.15. The van der Waals surface area contributed by atoms with E-state index in [1.54, 1.807) is 0 Å². The first-order chi connectivity index (χ1) is 7.82. The first-order valence-electron chi connectivity index (χ1n) is 4.96. The number of nitrogens with one attached hydrogen (secondary N) is 2. The SMILES string of the molecule is CN(C)CCNC(=O)NC(CC(=O)O)C(=O)O. The van der Waals surface area contributed by atoms with Gasteiger partial charge in [0.25, 0.3) is 0 Å². The van der Waals surface area contributed by atoms with Gasteiger partial charge in [0, 0.05) is 13.1 Å². The van der Waals surface area contributed by atoms with Gasteiger partial charge in [0.1, 0.15) is 6.04 Å². The van der Waals surface area contributed by atoms with E-state index in [2.05, 4.69) is 10.6 Å². The van der Waals surface area contributed by atoms with Gasteiger partial charge in [-0.3, -0.25) is 4.79 Å². The van der Waals surface area contributed by atoms with Gasteiger partial charge in [-0.15, -0.1) is 0 Å². The van der Waals surface area contributed by atoms with Crippen LogP contribution in [0.4, 0.5) is 4.79 Å². The van der Waals surface area contributed by atoms with E-state index in [1.807, 2.05) is 19.0 Å². The number of carbonyl (C=O) groups is 3. The van der Waals surface area contributed by atoms with E-state index in [4.69, 9.17) is 10.2 Å². The molecule has 0 heterocycles. The summed E-state index contributed by atoms with van der Waals surface area (Å²) in [6.07, 6.45) is -0.656. The van der Waals surface area contributed by atoms with Crippen molar-refractivity contribution in [2.45, 2.75) is 12.5 Å². The molecule has 17 heavy (non-hydrogen) atoms. The van der Waals surface area contributed by atoms with E-state index in [-0.39, 0.29) is 0 Å². The third-order valence-corrected chi connectivity index (χ3v) is 1.83. The molecule has 0 aliphatic heterocycles. The lowest BCUT2D eigenvalue weighted by Gasteiger charge is -2.14. The number of hydrogen-bond donors (Lipinski definition) is 4. The van der Waals surface area contributed by atoms with E-state index in [1.165, 1.54) is 0 Å². The Labute approximate surface area is 98.6 Å². The Kier molecular flexibility index (Phi) is 6.64. The van der Waals surface area contributed by atoms with Crippen molar-refractivity contribution < 1.29 is 24.6 Å². The number of amides is 2. The van der Waals surface area contributed by atoms with E-state index in [0.29, 0.717) is 13.1 Å².